The predicted octanol–water partition coefficient (Wildman–Crippen LogP) is 1.57. The molecule has 0 saturated carbocycles. The fraction of sp³-hybridized carbons (Fsp3) is 0.818. The minimum absolute atomic E-state index is 0.0159. The zero-order valence-corrected chi connectivity index (χ0v) is 10.5. The molecule has 0 radical (unpaired) electrons. The number of carbonyl (C=O) groups is 2. The van der Waals surface area contributed by atoms with Crippen LogP contribution in [-0.4, -0.2) is 52.3 Å². The normalized spacial score (nSPS) is 23.5. The Kier molecular flexibility index (Phi) is 3.81. The zero-order chi connectivity index (χ0) is 12.3. The van der Waals surface area contributed by atoms with Gasteiger partial charge in [-0.1, -0.05) is 0 Å². The number of amides is 1. The number of aliphatic carboxylic acids is 1. The number of thioether (sulfide) groups is 1. The van der Waals surface area contributed by atoms with E-state index in [9.17, 15) is 9.59 Å². The minimum atomic E-state index is -0.882. The van der Waals surface area contributed by atoms with Crippen LogP contribution in [0.3, 0.4) is 0 Å². The molecule has 0 aromatic carbocycles. The van der Waals surface area contributed by atoms with Crippen LogP contribution in [0, 0.1) is 0 Å². The molecule has 0 aromatic heterocycles. The molecule has 2 rings (SSSR count). The van der Waals surface area contributed by atoms with Crippen molar-refractivity contribution in [3.63, 3.8) is 0 Å². The Morgan fingerprint density at radius 3 is 2.71 bits per heavy atom. The quantitative estimate of drug-likeness (QED) is 0.833. The van der Waals surface area contributed by atoms with Crippen molar-refractivity contribution in [1.82, 2.24) is 4.90 Å². The molecule has 2 fully saturated rings. The predicted molar refractivity (Wildman–Crippen MR) is 64.2 cm³/mol. The first-order chi connectivity index (χ1) is 8.11. The van der Waals surface area contributed by atoms with E-state index in [0.717, 1.165) is 30.8 Å². The van der Waals surface area contributed by atoms with Gasteiger partial charge in [-0.3, -0.25) is 4.79 Å². The summed E-state index contributed by atoms with van der Waals surface area (Å²) in [4.78, 5) is 23.7. The highest BCUT2D eigenvalue weighted by atomic mass is 32.2. The molecular weight excluding hydrogens is 242 g/mol. The Labute approximate surface area is 104 Å². The van der Waals surface area contributed by atoms with Crippen molar-refractivity contribution in [3.05, 3.63) is 0 Å². The smallest absolute Gasteiger partial charge is 0.410 e. The largest absolute Gasteiger partial charge is 0.481 e. The number of carboxylic acids is 1. The summed E-state index contributed by atoms with van der Waals surface area (Å²) in [6, 6.07) is 0. The molecule has 1 spiro atoms. The van der Waals surface area contributed by atoms with Gasteiger partial charge in [0, 0.05) is 19.5 Å². The van der Waals surface area contributed by atoms with Gasteiger partial charge in [0.15, 0.2) is 0 Å². The third kappa shape index (κ3) is 3.06. The second kappa shape index (κ2) is 5.16. The Balaban J connectivity index is 1.88. The van der Waals surface area contributed by atoms with Gasteiger partial charge < -0.3 is 14.7 Å². The third-order valence-corrected chi connectivity index (χ3v) is 4.38. The summed E-state index contributed by atoms with van der Waals surface area (Å²) in [6.07, 6.45) is 2.33. The van der Waals surface area contributed by atoms with Gasteiger partial charge in [0.1, 0.15) is 5.60 Å². The SMILES string of the molecule is O=C(O)CCN1CCC2(CCSCC2)OC1=O. The van der Waals surface area contributed by atoms with Crippen molar-refractivity contribution in [1.29, 1.82) is 0 Å². The molecule has 17 heavy (non-hydrogen) atoms. The summed E-state index contributed by atoms with van der Waals surface area (Å²) < 4.78 is 5.54. The van der Waals surface area contributed by atoms with E-state index in [1.54, 1.807) is 0 Å². The Morgan fingerprint density at radius 1 is 1.41 bits per heavy atom. The summed E-state index contributed by atoms with van der Waals surface area (Å²) in [5.41, 5.74) is -0.262. The van der Waals surface area contributed by atoms with Crippen molar-refractivity contribution >= 4 is 23.8 Å². The number of nitrogens with zero attached hydrogens (tertiary/aromatic N) is 1. The molecule has 1 N–H and O–H groups in total. The van der Waals surface area contributed by atoms with Crippen molar-refractivity contribution in [2.45, 2.75) is 31.3 Å². The summed E-state index contributed by atoms with van der Waals surface area (Å²) in [5, 5.41) is 8.59. The van der Waals surface area contributed by atoms with Crippen molar-refractivity contribution in [2.75, 3.05) is 24.6 Å². The van der Waals surface area contributed by atoms with E-state index in [0.29, 0.717) is 6.54 Å². The molecule has 2 aliphatic rings. The van der Waals surface area contributed by atoms with E-state index in [2.05, 4.69) is 0 Å². The molecule has 96 valence electrons. The Morgan fingerprint density at radius 2 is 2.12 bits per heavy atom. The standard InChI is InChI=1S/C11H17NO4S/c13-9(14)1-5-12-6-2-11(16-10(12)15)3-7-17-8-4-11/h1-8H2,(H,13,14). The molecule has 2 saturated heterocycles. The molecule has 6 heteroatoms. The molecule has 0 bridgehead atoms. The average molecular weight is 259 g/mol. The van der Waals surface area contributed by atoms with Gasteiger partial charge in [-0.05, 0) is 24.3 Å². The summed E-state index contributed by atoms with van der Waals surface area (Å²) in [7, 11) is 0. The maximum Gasteiger partial charge on any atom is 0.410 e. The third-order valence-electron chi connectivity index (χ3n) is 3.40. The molecule has 0 atom stereocenters. The molecular formula is C11H17NO4S. The van der Waals surface area contributed by atoms with Gasteiger partial charge in [-0.15, -0.1) is 0 Å². The van der Waals surface area contributed by atoms with E-state index >= 15 is 0 Å². The van der Waals surface area contributed by atoms with Crippen LogP contribution in [0.5, 0.6) is 0 Å². The highest BCUT2D eigenvalue weighted by Crippen LogP contribution is 2.36. The Hall–Kier alpha value is -0.910. The summed E-state index contributed by atoms with van der Waals surface area (Å²) in [6.45, 7) is 0.871. The van der Waals surface area contributed by atoms with Crippen molar-refractivity contribution in [3.8, 4) is 0 Å². The molecule has 0 aromatic rings. The van der Waals surface area contributed by atoms with Crippen LogP contribution in [0.1, 0.15) is 25.7 Å². The van der Waals surface area contributed by atoms with Gasteiger partial charge in [0.2, 0.25) is 0 Å². The number of carboxylic acid groups (broad SMARTS) is 1. The maximum absolute atomic E-state index is 11.8. The number of carbonyl (C=O) groups excluding carboxylic acids is 1. The monoisotopic (exact) mass is 259 g/mol. The first-order valence-electron chi connectivity index (χ1n) is 5.89. The van der Waals surface area contributed by atoms with Gasteiger partial charge in [0.25, 0.3) is 0 Å². The lowest BCUT2D eigenvalue weighted by atomic mass is 9.91. The van der Waals surface area contributed by atoms with E-state index in [1.807, 2.05) is 11.8 Å². The second-order valence-electron chi connectivity index (χ2n) is 4.54. The lowest BCUT2D eigenvalue weighted by molar-refractivity contribution is -0.137. The number of rotatable bonds is 3. The van der Waals surface area contributed by atoms with E-state index in [-0.39, 0.29) is 24.7 Å². The van der Waals surface area contributed by atoms with Gasteiger partial charge in [-0.25, -0.2) is 4.79 Å². The van der Waals surface area contributed by atoms with Crippen LogP contribution in [-0.2, 0) is 9.53 Å². The van der Waals surface area contributed by atoms with Gasteiger partial charge in [-0.2, -0.15) is 11.8 Å². The Bertz CT molecular complexity index is 315. The van der Waals surface area contributed by atoms with Gasteiger partial charge in [0.05, 0.1) is 6.42 Å². The molecule has 2 heterocycles. The molecule has 0 unspecified atom stereocenters. The molecule has 2 aliphatic heterocycles. The number of hydrogen-bond acceptors (Lipinski definition) is 4. The zero-order valence-electron chi connectivity index (χ0n) is 9.68. The number of ether oxygens (including phenoxy) is 1. The van der Waals surface area contributed by atoms with Crippen LogP contribution >= 0.6 is 11.8 Å². The van der Waals surface area contributed by atoms with Crippen molar-refractivity contribution in [2.24, 2.45) is 0 Å². The van der Waals surface area contributed by atoms with E-state index < -0.39 is 5.97 Å². The average Bonchev–Trinajstić information content (AvgIpc) is 2.29. The molecule has 1 amide bonds. The maximum atomic E-state index is 11.8. The highest BCUT2D eigenvalue weighted by Gasteiger charge is 2.41. The molecule has 0 aliphatic carbocycles. The highest BCUT2D eigenvalue weighted by molar-refractivity contribution is 7.99. The van der Waals surface area contributed by atoms with Crippen LogP contribution in [0.2, 0.25) is 0 Å². The minimum Gasteiger partial charge on any atom is -0.481 e. The topological polar surface area (TPSA) is 66.8 Å². The summed E-state index contributed by atoms with van der Waals surface area (Å²) in [5.74, 6) is 1.21. The fourth-order valence-corrected chi connectivity index (χ4v) is 3.50. The second-order valence-corrected chi connectivity index (χ2v) is 5.77. The summed E-state index contributed by atoms with van der Waals surface area (Å²) >= 11 is 1.90. The lowest BCUT2D eigenvalue weighted by Gasteiger charge is -2.43. The fourth-order valence-electron chi connectivity index (χ4n) is 2.26. The van der Waals surface area contributed by atoms with Crippen LogP contribution in [0.25, 0.3) is 0 Å². The van der Waals surface area contributed by atoms with Crippen LogP contribution in [0.15, 0.2) is 0 Å². The molecule has 5 nitrogen and oxygen atoms in total. The lowest BCUT2D eigenvalue weighted by Crippen LogP contribution is -2.51. The van der Waals surface area contributed by atoms with Crippen molar-refractivity contribution < 1.29 is 19.4 Å². The van der Waals surface area contributed by atoms with E-state index in [4.69, 9.17) is 9.84 Å². The van der Waals surface area contributed by atoms with Crippen LogP contribution in [0.4, 0.5) is 4.79 Å². The van der Waals surface area contributed by atoms with Crippen LogP contribution < -0.4 is 0 Å². The van der Waals surface area contributed by atoms with Gasteiger partial charge >= 0.3 is 12.1 Å². The number of hydrogen-bond donors (Lipinski definition) is 1. The first-order valence-corrected chi connectivity index (χ1v) is 7.04. The van der Waals surface area contributed by atoms with E-state index in [1.165, 1.54) is 4.90 Å². The first kappa shape index (κ1) is 12.5.